The van der Waals surface area contributed by atoms with Crippen molar-refractivity contribution in [2.75, 3.05) is 7.11 Å². The van der Waals surface area contributed by atoms with Crippen LogP contribution in [-0.4, -0.2) is 23.0 Å². The van der Waals surface area contributed by atoms with Crippen LogP contribution in [0, 0.1) is 12.7 Å². The fourth-order valence-corrected chi connectivity index (χ4v) is 3.87. The van der Waals surface area contributed by atoms with E-state index in [-0.39, 0.29) is 28.8 Å². The second kappa shape index (κ2) is 9.72. The highest BCUT2D eigenvalue weighted by Crippen LogP contribution is 2.36. The highest BCUT2D eigenvalue weighted by molar-refractivity contribution is 9.10. The van der Waals surface area contributed by atoms with Gasteiger partial charge in [-0.15, -0.1) is 0 Å². The number of halogens is 3. The lowest BCUT2D eigenvalue weighted by atomic mass is 10.2. The molecule has 4 aromatic rings. The maximum Gasteiger partial charge on any atom is 0.282 e. The molecule has 0 aliphatic heterocycles. The van der Waals surface area contributed by atoms with Crippen molar-refractivity contribution < 1.29 is 13.9 Å². The molecule has 0 fully saturated rings. The first-order valence-electron chi connectivity index (χ1n) is 9.84. The van der Waals surface area contributed by atoms with Gasteiger partial charge in [0.15, 0.2) is 11.5 Å². The van der Waals surface area contributed by atoms with Crippen LogP contribution < -0.4 is 15.0 Å². The summed E-state index contributed by atoms with van der Waals surface area (Å²) in [5.74, 6) is 0.706. The lowest BCUT2D eigenvalue weighted by Gasteiger charge is -2.13. The van der Waals surface area contributed by atoms with Gasteiger partial charge in [-0.05, 0) is 48.9 Å². The maximum atomic E-state index is 13.9. The summed E-state index contributed by atoms with van der Waals surface area (Å²) in [6.45, 7) is 1.69. The molecule has 168 valence electrons. The lowest BCUT2D eigenvalue weighted by molar-refractivity contribution is 0.280. The molecule has 6 nitrogen and oxygen atoms in total. The van der Waals surface area contributed by atoms with Gasteiger partial charge < -0.3 is 9.47 Å². The summed E-state index contributed by atoms with van der Waals surface area (Å²) in [5.41, 5.74) is 1.27. The Morgan fingerprint density at radius 3 is 2.76 bits per heavy atom. The van der Waals surface area contributed by atoms with Crippen LogP contribution in [0.3, 0.4) is 0 Å². The van der Waals surface area contributed by atoms with E-state index < -0.39 is 0 Å². The molecule has 0 aliphatic rings. The van der Waals surface area contributed by atoms with Crippen LogP contribution in [0.1, 0.15) is 17.0 Å². The van der Waals surface area contributed by atoms with Crippen molar-refractivity contribution in [3.05, 3.63) is 97.2 Å². The fourth-order valence-electron chi connectivity index (χ4n) is 3.24. The molecule has 1 aromatic heterocycles. The van der Waals surface area contributed by atoms with Gasteiger partial charge >= 0.3 is 0 Å². The minimum atomic E-state index is -0.367. The number of fused-ring (bicyclic) bond motifs is 1. The number of ether oxygens (including phenoxy) is 2. The van der Waals surface area contributed by atoms with Crippen molar-refractivity contribution in [2.45, 2.75) is 13.5 Å². The zero-order valence-corrected chi connectivity index (χ0v) is 20.0. The minimum Gasteiger partial charge on any atom is -0.493 e. The molecule has 0 bridgehead atoms. The first kappa shape index (κ1) is 22.9. The summed E-state index contributed by atoms with van der Waals surface area (Å²) in [6, 6.07) is 14.9. The van der Waals surface area contributed by atoms with Crippen molar-refractivity contribution in [3.8, 4) is 11.5 Å². The highest BCUT2D eigenvalue weighted by Gasteiger charge is 2.13. The number of rotatable bonds is 6. The number of aryl methyl sites for hydroxylation is 1. The molecule has 0 amide bonds. The van der Waals surface area contributed by atoms with Crippen molar-refractivity contribution in [1.82, 2.24) is 9.66 Å². The molecule has 3 aromatic carbocycles. The summed E-state index contributed by atoms with van der Waals surface area (Å²) in [6.07, 6.45) is 1.48. The van der Waals surface area contributed by atoms with Gasteiger partial charge in [-0.1, -0.05) is 45.7 Å². The minimum absolute atomic E-state index is 0.0108. The third-order valence-corrected chi connectivity index (χ3v) is 5.65. The van der Waals surface area contributed by atoms with E-state index in [1.54, 1.807) is 49.4 Å². The molecule has 33 heavy (non-hydrogen) atoms. The average molecular weight is 531 g/mol. The Labute approximate surface area is 202 Å². The van der Waals surface area contributed by atoms with Crippen molar-refractivity contribution in [3.63, 3.8) is 0 Å². The van der Waals surface area contributed by atoms with E-state index >= 15 is 0 Å². The number of hydrogen-bond acceptors (Lipinski definition) is 5. The molecule has 1 heterocycles. The number of aromatic nitrogens is 2. The predicted molar refractivity (Wildman–Crippen MR) is 130 cm³/mol. The van der Waals surface area contributed by atoms with Crippen LogP contribution in [0.25, 0.3) is 10.9 Å². The highest BCUT2D eigenvalue weighted by atomic mass is 79.9. The van der Waals surface area contributed by atoms with Crippen LogP contribution in [0.5, 0.6) is 11.5 Å². The monoisotopic (exact) mass is 529 g/mol. The number of methoxy groups -OCH3 is 1. The number of nitrogens with zero attached hydrogens (tertiary/aromatic N) is 3. The normalized spacial score (nSPS) is 11.3. The van der Waals surface area contributed by atoms with Crippen LogP contribution in [-0.2, 0) is 6.61 Å². The summed E-state index contributed by atoms with van der Waals surface area (Å²) in [7, 11) is 1.47. The topological polar surface area (TPSA) is 65.7 Å². The Kier molecular flexibility index (Phi) is 6.76. The maximum absolute atomic E-state index is 13.9. The zero-order valence-electron chi connectivity index (χ0n) is 17.7. The molecule has 0 aliphatic carbocycles. The van der Waals surface area contributed by atoms with Gasteiger partial charge in [0.25, 0.3) is 5.56 Å². The Bertz CT molecular complexity index is 1440. The fraction of sp³-hybridized carbons (Fsp3) is 0.125. The van der Waals surface area contributed by atoms with Gasteiger partial charge in [0.2, 0.25) is 0 Å². The first-order valence-corrected chi connectivity index (χ1v) is 11.0. The largest absolute Gasteiger partial charge is 0.493 e. The van der Waals surface area contributed by atoms with Crippen LogP contribution in [0.15, 0.2) is 69.0 Å². The quantitative estimate of drug-likeness (QED) is 0.299. The molecule has 0 spiro atoms. The standard InChI is InChI=1S/C24H18BrClFN3O3/c1-14-29-21-8-7-17(25)11-18(21)24(31)30(14)28-12-15-9-19(26)23(22(10-15)32-2)33-13-16-5-3-4-6-20(16)27/h3-12H,13H2,1-2H3. The number of benzene rings is 3. The van der Waals surface area contributed by atoms with Gasteiger partial charge in [0.1, 0.15) is 18.2 Å². The molecule has 9 heteroatoms. The smallest absolute Gasteiger partial charge is 0.282 e. The second-order valence-corrected chi connectivity index (χ2v) is 8.42. The van der Waals surface area contributed by atoms with Crippen LogP contribution in [0.2, 0.25) is 5.02 Å². The van der Waals surface area contributed by atoms with Crippen LogP contribution in [0.4, 0.5) is 4.39 Å². The average Bonchev–Trinajstić information content (AvgIpc) is 2.79. The van der Waals surface area contributed by atoms with Gasteiger partial charge in [0.05, 0.1) is 29.2 Å². The van der Waals surface area contributed by atoms with Crippen LogP contribution >= 0.6 is 27.5 Å². The summed E-state index contributed by atoms with van der Waals surface area (Å²) < 4.78 is 27.0. The molecule has 0 unspecified atom stereocenters. The van der Waals surface area contributed by atoms with Gasteiger partial charge in [-0.25, -0.2) is 9.37 Å². The van der Waals surface area contributed by atoms with Gasteiger partial charge in [-0.3, -0.25) is 4.79 Å². The Morgan fingerprint density at radius 2 is 2.00 bits per heavy atom. The first-order chi connectivity index (χ1) is 15.9. The lowest BCUT2D eigenvalue weighted by Crippen LogP contribution is -2.20. The third-order valence-electron chi connectivity index (χ3n) is 4.87. The molecule has 4 rings (SSSR count). The predicted octanol–water partition coefficient (Wildman–Crippen LogP) is 5.73. The van der Waals surface area contributed by atoms with Gasteiger partial charge in [0, 0.05) is 10.0 Å². The molecule has 0 N–H and O–H groups in total. The van der Waals surface area contributed by atoms with E-state index in [1.807, 2.05) is 6.07 Å². The molecule has 0 radical (unpaired) electrons. The summed E-state index contributed by atoms with van der Waals surface area (Å²) in [4.78, 5) is 17.3. The molecule has 0 saturated heterocycles. The van der Waals surface area contributed by atoms with E-state index in [1.165, 1.54) is 24.1 Å². The SMILES string of the molecule is COc1cc(C=Nn2c(C)nc3ccc(Br)cc3c2=O)cc(Cl)c1OCc1ccccc1F. The Hall–Kier alpha value is -3.23. The van der Waals surface area contributed by atoms with E-state index in [9.17, 15) is 9.18 Å². The van der Waals surface area contributed by atoms with E-state index in [0.29, 0.717) is 33.6 Å². The Balaban J connectivity index is 1.65. The van der Waals surface area contributed by atoms with E-state index in [4.69, 9.17) is 21.1 Å². The summed E-state index contributed by atoms with van der Waals surface area (Å²) >= 11 is 9.78. The van der Waals surface area contributed by atoms with Gasteiger partial charge in [-0.2, -0.15) is 9.78 Å². The molecule has 0 atom stereocenters. The van der Waals surface area contributed by atoms with E-state index in [2.05, 4.69) is 26.0 Å². The van der Waals surface area contributed by atoms with Crippen molar-refractivity contribution >= 4 is 44.6 Å². The molecular weight excluding hydrogens is 513 g/mol. The number of hydrogen-bond donors (Lipinski definition) is 0. The third kappa shape index (κ3) is 4.91. The Morgan fingerprint density at radius 1 is 1.21 bits per heavy atom. The molecular formula is C24H18BrClFN3O3. The second-order valence-electron chi connectivity index (χ2n) is 7.10. The summed E-state index contributed by atoms with van der Waals surface area (Å²) in [5, 5.41) is 5.01. The van der Waals surface area contributed by atoms with E-state index in [0.717, 1.165) is 4.47 Å². The van der Waals surface area contributed by atoms with Crippen molar-refractivity contribution in [2.24, 2.45) is 5.10 Å². The zero-order chi connectivity index (χ0) is 23.5. The molecule has 0 saturated carbocycles. The van der Waals surface area contributed by atoms with Crippen molar-refractivity contribution in [1.29, 1.82) is 0 Å².